The van der Waals surface area contributed by atoms with Gasteiger partial charge in [0.05, 0.1) is 22.6 Å². The molecule has 0 aliphatic carbocycles. The van der Waals surface area contributed by atoms with E-state index in [0.717, 1.165) is 34.2 Å². The van der Waals surface area contributed by atoms with Gasteiger partial charge in [-0.25, -0.2) is 9.37 Å². The Balaban J connectivity index is 1.38. The van der Waals surface area contributed by atoms with Crippen LogP contribution >= 0.6 is 11.3 Å². The summed E-state index contributed by atoms with van der Waals surface area (Å²) in [7, 11) is 0. The van der Waals surface area contributed by atoms with E-state index in [0.29, 0.717) is 18.2 Å². The molecule has 1 atom stereocenters. The molecule has 0 saturated carbocycles. The Morgan fingerprint density at radius 3 is 2.83 bits per heavy atom. The Kier molecular flexibility index (Phi) is 5.58. The third-order valence-electron chi connectivity index (χ3n) is 5.19. The molecule has 4 rings (SSSR count). The molecule has 1 aromatic heterocycles. The van der Waals surface area contributed by atoms with E-state index in [9.17, 15) is 14.0 Å². The molecule has 5 nitrogen and oxygen atoms in total. The third kappa shape index (κ3) is 4.62. The van der Waals surface area contributed by atoms with Gasteiger partial charge in [-0.2, -0.15) is 0 Å². The minimum Gasteiger partial charge on any atom is -0.342 e. The molecule has 1 aliphatic rings. The maximum Gasteiger partial charge on any atom is 0.231 e. The van der Waals surface area contributed by atoms with Crippen molar-refractivity contribution in [1.82, 2.24) is 9.88 Å². The summed E-state index contributed by atoms with van der Waals surface area (Å²) in [6, 6.07) is 12.0. The molecular formula is C22H22FN3O2S. The summed E-state index contributed by atoms with van der Waals surface area (Å²) < 4.78 is 14.1. The van der Waals surface area contributed by atoms with Crippen LogP contribution < -0.4 is 5.32 Å². The molecule has 1 aliphatic heterocycles. The van der Waals surface area contributed by atoms with Gasteiger partial charge in [0.25, 0.3) is 0 Å². The van der Waals surface area contributed by atoms with Gasteiger partial charge in [-0.15, -0.1) is 0 Å². The van der Waals surface area contributed by atoms with Crippen LogP contribution in [0.2, 0.25) is 0 Å². The summed E-state index contributed by atoms with van der Waals surface area (Å²) >= 11 is 1.46. The average Bonchev–Trinajstić information content (AvgIpc) is 3.11. The maximum absolute atomic E-state index is 13.0. The number of likely N-dealkylation sites (tertiary alicyclic amines) is 1. The molecule has 1 N–H and O–H groups in total. The van der Waals surface area contributed by atoms with E-state index in [1.165, 1.54) is 23.5 Å². The van der Waals surface area contributed by atoms with Crippen molar-refractivity contribution in [2.24, 2.45) is 5.92 Å². The smallest absolute Gasteiger partial charge is 0.231 e. The monoisotopic (exact) mass is 411 g/mol. The first-order valence-corrected chi connectivity index (χ1v) is 10.5. The van der Waals surface area contributed by atoms with Gasteiger partial charge in [0, 0.05) is 13.1 Å². The van der Waals surface area contributed by atoms with Crippen molar-refractivity contribution in [2.75, 3.05) is 18.4 Å². The number of rotatable bonds is 4. The second-order valence-electron chi connectivity index (χ2n) is 7.46. The summed E-state index contributed by atoms with van der Waals surface area (Å²) in [5.41, 5.74) is 2.80. The number of hydrogen-bond acceptors (Lipinski definition) is 4. The van der Waals surface area contributed by atoms with Crippen molar-refractivity contribution in [2.45, 2.75) is 26.2 Å². The molecule has 29 heavy (non-hydrogen) atoms. The number of amides is 2. The van der Waals surface area contributed by atoms with Gasteiger partial charge in [-0.3, -0.25) is 9.59 Å². The molecule has 1 unspecified atom stereocenters. The lowest BCUT2D eigenvalue weighted by Gasteiger charge is -2.32. The first-order chi connectivity index (χ1) is 14.0. The molecule has 150 valence electrons. The van der Waals surface area contributed by atoms with Gasteiger partial charge in [0.2, 0.25) is 11.8 Å². The van der Waals surface area contributed by atoms with Gasteiger partial charge >= 0.3 is 0 Å². The van der Waals surface area contributed by atoms with Crippen molar-refractivity contribution < 1.29 is 14.0 Å². The lowest BCUT2D eigenvalue weighted by atomic mass is 9.96. The SMILES string of the molecule is Cc1ccc2nc(NC(=O)C3CCCN(C(=O)Cc4ccc(F)cc4)C3)sc2c1. The average molecular weight is 412 g/mol. The number of fused-ring (bicyclic) bond motifs is 1. The molecule has 2 amide bonds. The summed E-state index contributed by atoms with van der Waals surface area (Å²) in [5, 5.41) is 3.51. The lowest BCUT2D eigenvalue weighted by Crippen LogP contribution is -2.44. The molecule has 2 heterocycles. The van der Waals surface area contributed by atoms with Crippen molar-refractivity contribution in [1.29, 1.82) is 0 Å². The number of carbonyl (C=O) groups is 2. The summed E-state index contributed by atoms with van der Waals surface area (Å²) in [6.07, 6.45) is 1.74. The van der Waals surface area contributed by atoms with E-state index in [-0.39, 0.29) is 30.0 Å². The topological polar surface area (TPSA) is 62.3 Å². The Labute approximate surface area is 172 Å². The third-order valence-corrected chi connectivity index (χ3v) is 6.12. The number of nitrogens with one attached hydrogen (secondary N) is 1. The van der Waals surface area contributed by atoms with E-state index in [1.54, 1.807) is 17.0 Å². The van der Waals surface area contributed by atoms with Crippen molar-refractivity contribution >= 4 is 38.5 Å². The number of anilines is 1. The van der Waals surface area contributed by atoms with Crippen LogP contribution in [0.5, 0.6) is 0 Å². The Bertz CT molecular complexity index is 1050. The zero-order chi connectivity index (χ0) is 20.4. The normalized spacial score (nSPS) is 16.8. The summed E-state index contributed by atoms with van der Waals surface area (Å²) in [5.74, 6) is -0.708. The minimum atomic E-state index is -0.319. The zero-order valence-corrected chi connectivity index (χ0v) is 17.0. The van der Waals surface area contributed by atoms with Crippen LogP contribution in [0.15, 0.2) is 42.5 Å². The van der Waals surface area contributed by atoms with Gasteiger partial charge in [0.15, 0.2) is 5.13 Å². The molecule has 0 spiro atoms. The van der Waals surface area contributed by atoms with Crippen LogP contribution in [0, 0.1) is 18.7 Å². The number of halogens is 1. The molecular weight excluding hydrogens is 389 g/mol. The predicted molar refractivity (Wildman–Crippen MR) is 112 cm³/mol. The van der Waals surface area contributed by atoms with Crippen LogP contribution in [0.25, 0.3) is 10.2 Å². The van der Waals surface area contributed by atoms with E-state index in [2.05, 4.69) is 16.4 Å². The lowest BCUT2D eigenvalue weighted by molar-refractivity contribution is -0.133. The standard InChI is InChI=1S/C22H22FN3O2S/c1-14-4-9-18-19(11-14)29-22(24-18)25-21(28)16-3-2-10-26(13-16)20(27)12-15-5-7-17(23)8-6-15/h4-9,11,16H,2-3,10,12-13H2,1H3,(H,24,25,28). The second kappa shape index (κ2) is 8.29. The minimum absolute atomic E-state index is 0.0374. The van der Waals surface area contributed by atoms with Crippen molar-refractivity contribution in [3.05, 3.63) is 59.4 Å². The summed E-state index contributed by atoms with van der Waals surface area (Å²) in [6.45, 7) is 3.07. The van der Waals surface area contributed by atoms with Crippen molar-refractivity contribution in [3.63, 3.8) is 0 Å². The molecule has 3 aromatic rings. The van der Waals surface area contributed by atoms with Crippen LogP contribution in [0.1, 0.15) is 24.0 Å². The fraction of sp³-hybridized carbons (Fsp3) is 0.318. The number of piperidine rings is 1. The molecule has 1 fully saturated rings. The Morgan fingerprint density at radius 2 is 2.03 bits per heavy atom. The van der Waals surface area contributed by atoms with Gasteiger partial charge in [0.1, 0.15) is 5.82 Å². The quantitative estimate of drug-likeness (QED) is 0.701. The summed E-state index contributed by atoms with van der Waals surface area (Å²) in [4.78, 5) is 31.6. The van der Waals surface area contributed by atoms with Crippen LogP contribution in [0.4, 0.5) is 9.52 Å². The number of aryl methyl sites for hydroxylation is 1. The number of aromatic nitrogens is 1. The largest absolute Gasteiger partial charge is 0.342 e. The van der Waals surface area contributed by atoms with E-state index < -0.39 is 0 Å². The van der Waals surface area contributed by atoms with Gasteiger partial charge < -0.3 is 10.2 Å². The first kappa shape index (κ1) is 19.5. The first-order valence-electron chi connectivity index (χ1n) is 9.68. The second-order valence-corrected chi connectivity index (χ2v) is 8.49. The van der Waals surface area contributed by atoms with E-state index in [1.807, 2.05) is 19.1 Å². The fourth-order valence-electron chi connectivity index (χ4n) is 3.60. The van der Waals surface area contributed by atoms with E-state index in [4.69, 9.17) is 0 Å². The molecule has 1 saturated heterocycles. The van der Waals surface area contributed by atoms with Gasteiger partial charge in [-0.1, -0.05) is 29.5 Å². The van der Waals surface area contributed by atoms with Crippen LogP contribution in [-0.4, -0.2) is 34.8 Å². The van der Waals surface area contributed by atoms with E-state index >= 15 is 0 Å². The number of benzene rings is 2. The highest BCUT2D eigenvalue weighted by Gasteiger charge is 2.29. The highest BCUT2D eigenvalue weighted by atomic mass is 32.1. The Hall–Kier alpha value is -2.80. The number of carbonyl (C=O) groups excluding carboxylic acids is 2. The van der Waals surface area contributed by atoms with Crippen LogP contribution in [-0.2, 0) is 16.0 Å². The highest BCUT2D eigenvalue weighted by molar-refractivity contribution is 7.22. The number of hydrogen-bond donors (Lipinski definition) is 1. The number of nitrogens with zero attached hydrogens (tertiary/aromatic N) is 2. The molecule has 0 bridgehead atoms. The molecule has 2 aromatic carbocycles. The van der Waals surface area contributed by atoms with Gasteiger partial charge in [-0.05, 0) is 55.2 Å². The number of thiazole rings is 1. The Morgan fingerprint density at radius 1 is 1.24 bits per heavy atom. The highest BCUT2D eigenvalue weighted by Crippen LogP contribution is 2.28. The molecule has 0 radical (unpaired) electrons. The fourth-order valence-corrected chi connectivity index (χ4v) is 4.57. The molecule has 7 heteroatoms. The maximum atomic E-state index is 13.0. The zero-order valence-electron chi connectivity index (χ0n) is 16.2. The predicted octanol–water partition coefficient (Wildman–Crippen LogP) is 4.16. The van der Waals surface area contributed by atoms with Crippen molar-refractivity contribution in [3.8, 4) is 0 Å². The van der Waals surface area contributed by atoms with Crippen LogP contribution in [0.3, 0.4) is 0 Å².